The second-order valence-electron chi connectivity index (χ2n) is 6.48. The number of carbonyl (C=O) groups is 1. The topological polar surface area (TPSA) is 65.0 Å². The van der Waals surface area contributed by atoms with Crippen LogP contribution in [-0.2, 0) is 19.0 Å². The van der Waals surface area contributed by atoms with E-state index >= 15 is 0 Å². The van der Waals surface area contributed by atoms with Gasteiger partial charge in [0.2, 0.25) is 0 Å². The van der Waals surface area contributed by atoms with Gasteiger partial charge in [0.1, 0.15) is 5.60 Å². The third kappa shape index (κ3) is 4.89. The summed E-state index contributed by atoms with van der Waals surface area (Å²) in [5.41, 5.74) is -0.639. The molecule has 0 aliphatic carbocycles. The van der Waals surface area contributed by atoms with Crippen molar-refractivity contribution in [1.82, 2.24) is 0 Å². The van der Waals surface area contributed by atoms with E-state index in [1.165, 1.54) is 0 Å². The maximum Gasteiger partial charge on any atom is 0.336 e. The molecule has 0 bridgehead atoms. The Hall–Kier alpha value is -0.910. The third-order valence-electron chi connectivity index (χ3n) is 3.00. The van der Waals surface area contributed by atoms with Crippen LogP contribution in [-0.4, -0.2) is 41.3 Å². The molecule has 1 fully saturated rings. The Labute approximate surface area is 120 Å². The van der Waals surface area contributed by atoms with Crippen LogP contribution in [0, 0.1) is 5.92 Å². The number of aliphatic hydroxyl groups is 1. The van der Waals surface area contributed by atoms with E-state index in [9.17, 15) is 9.90 Å². The summed E-state index contributed by atoms with van der Waals surface area (Å²) < 4.78 is 16.4. The highest BCUT2D eigenvalue weighted by Crippen LogP contribution is 2.29. The summed E-state index contributed by atoms with van der Waals surface area (Å²) in [6, 6.07) is 0. The third-order valence-corrected chi connectivity index (χ3v) is 3.00. The van der Waals surface area contributed by atoms with Crippen LogP contribution in [0.3, 0.4) is 0 Å². The van der Waals surface area contributed by atoms with Crippen molar-refractivity contribution in [3.63, 3.8) is 0 Å². The lowest BCUT2D eigenvalue weighted by Crippen LogP contribution is -2.48. The minimum absolute atomic E-state index is 0.321. The minimum Gasteiger partial charge on any atom is -0.458 e. The first kappa shape index (κ1) is 17.1. The van der Waals surface area contributed by atoms with Crippen molar-refractivity contribution in [3.8, 4) is 0 Å². The van der Waals surface area contributed by atoms with Gasteiger partial charge in [-0.25, -0.2) is 4.79 Å². The molecule has 1 rings (SSSR count). The van der Waals surface area contributed by atoms with Crippen molar-refractivity contribution in [3.05, 3.63) is 12.7 Å². The molecular weight excluding hydrogens is 260 g/mol. The van der Waals surface area contributed by atoms with Crippen LogP contribution in [0.2, 0.25) is 0 Å². The number of hydrogen-bond donors (Lipinski definition) is 1. The van der Waals surface area contributed by atoms with Gasteiger partial charge in [0.25, 0.3) is 0 Å². The largest absolute Gasteiger partial charge is 0.458 e. The van der Waals surface area contributed by atoms with Gasteiger partial charge in [-0.1, -0.05) is 6.08 Å². The van der Waals surface area contributed by atoms with E-state index in [4.69, 9.17) is 14.2 Å². The normalized spacial score (nSPS) is 25.6. The molecular formula is C15H26O5. The van der Waals surface area contributed by atoms with Crippen molar-refractivity contribution in [2.75, 3.05) is 6.61 Å². The van der Waals surface area contributed by atoms with Crippen LogP contribution in [0.5, 0.6) is 0 Å². The highest BCUT2D eigenvalue weighted by Gasteiger charge is 2.39. The number of ether oxygens (including phenoxy) is 3. The van der Waals surface area contributed by atoms with Crippen molar-refractivity contribution in [2.45, 2.75) is 64.6 Å². The van der Waals surface area contributed by atoms with Gasteiger partial charge < -0.3 is 19.3 Å². The highest BCUT2D eigenvalue weighted by atomic mass is 16.7. The quantitative estimate of drug-likeness (QED) is 0.633. The molecule has 0 aromatic carbocycles. The van der Waals surface area contributed by atoms with E-state index in [0.29, 0.717) is 13.0 Å². The van der Waals surface area contributed by atoms with Crippen LogP contribution >= 0.6 is 0 Å². The number of aliphatic hydroxyl groups excluding tert-OH is 1. The molecule has 1 aliphatic heterocycles. The molecule has 0 aromatic rings. The lowest BCUT2D eigenvalue weighted by atomic mass is 9.92. The Kier molecular flexibility index (Phi) is 5.35. The van der Waals surface area contributed by atoms with E-state index in [0.717, 1.165) is 0 Å². The highest BCUT2D eigenvalue weighted by molar-refractivity contribution is 5.75. The molecule has 20 heavy (non-hydrogen) atoms. The zero-order chi connectivity index (χ0) is 15.6. The summed E-state index contributed by atoms with van der Waals surface area (Å²) in [6.07, 6.45) is 0.532. The van der Waals surface area contributed by atoms with Crippen molar-refractivity contribution < 1.29 is 24.1 Å². The molecule has 0 aromatic heterocycles. The summed E-state index contributed by atoms with van der Waals surface area (Å²) in [4.78, 5) is 12.0. The fourth-order valence-corrected chi connectivity index (χ4v) is 2.15. The van der Waals surface area contributed by atoms with Gasteiger partial charge in [-0.3, -0.25) is 0 Å². The van der Waals surface area contributed by atoms with Crippen molar-refractivity contribution >= 4 is 5.97 Å². The molecule has 1 aliphatic rings. The molecule has 1 heterocycles. The average Bonchev–Trinajstić information content (AvgIpc) is 2.26. The SMILES string of the molecule is C=C[C@@H]([C@@H]1CCOC(C)(C)O1)[C@@H](O)C(=O)OC(C)(C)C. The van der Waals surface area contributed by atoms with Crippen LogP contribution < -0.4 is 0 Å². The monoisotopic (exact) mass is 286 g/mol. The molecule has 5 nitrogen and oxygen atoms in total. The van der Waals surface area contributed by atoms with Crippen LogP contribution in [0.4, 0.5) is 0 Å². The van der Waals surface area contributed by atoms with E-state index in [2.05, 4.69) is 6.58 Å². The van der Waals surface area contributed by atoms with Crippen molar-refractivity contribution in [2.24, 2.45) is 5.92 Å². The first-order chi connectivity index (χ1) is 9.06. The Balaban J connectivity index is 2.74. The fourth-order valence-electron chi connectivity index (χ4n) is 2.15. The number of hydrogen-bond acceptors (Lipinski definition) is 5. The van der Waals surface area contributed by atoms with Gasteiger partial charge in [-0.15, -0.1) is 6.58 Å². The summed E-state index contributed by atoms with van der Waals surface area (Å²) in [6.45, 7) is 13.1. The Bertz CT molecular complexity index is 356. The predicted molar refractivity (Wildman–Crippen MR) is 75.1 cm³/mol. The molecule has 3 atom stereocenters. The van der Waals surface area contributed by atoms with Gasteiger partial charge in [0, 0.05) is 5.92 Å². The Morgan fingerprint density at radius 1 is 1.50 bits per heavy atom. The Morgan fingerprint density at radius 2 is 2.10 bits per heavy atom. The first-order valence-corrected chi connectivity index (χ1v) is 6.91. The molecule has 0 unspecified atom stereocenters. The zero-order valence-corrected chi connectivity index (χ0v) is 13.0. The second kappa shape index (κ2) is 6.24. The summed E-state index contributed by atoms with van der Waals surface area (Å²) in [5.74, 6) is -1.90. The van der Waals surface area contributed by atoms with E-state index < -0.39 is 29.4 Å². The minimum atomic E-state index is -1.29. The standard InChI is InChI=1S/C15H26O5/c1-7-10(11-8-9-18-15(5,6)19-11)12(16)13(17)20-14(2,3)4/h7,10-12,16H,1,8-9H2,2-6H3/t10-,11-,12+/m0/s1. The molecule has 0 radical (unpaired) electrons. The van der Waals surface area contributed by atoms with Gasteiger partial charge in [-0.2, -0.15) is 0 Å². The first-order valence-electron chi connectivity index (χ1n) is 6.91. The summed E-state index contributed by atoms with van der Waals surface area (Å²) >= 11 is 0. The molecule has 116 valence electrons. The Morgan fingerprint density at radius 3 is 2.55 bits per heavy atom. The lowest BCUT2D eigenvalue weighted by Gasteiger charge is -2.39. The molecule has 0 spiro atoms. The van der Waals surface area contributed by atoms with Gasteiger partial charge in [0.15, 0.2) is 11.9 Å². The van der Waals surface area contributed by atoms with Gasteiger partial charge in [-0.05, 0) is 41.0 Å². The molecule has 0 saturated carbocycles. The predicted octanol–water partition coefficient (Wildman–Crippen LogP) is 2.03. The average molecular weight is 286 g/mol. The number of carbonyl (C=O) groups excluding carboxylic acids is 1. The summed E-state index contributed by atoms with van der Waals surface area (Å²) in [7, 11) is 0. The zero-order valence-electron chi connectivity index (χ0n) is 13.0. The molecule has 1 N–H and O–H groups in total. The fraction of sp³-hybridized carbons (Fsp3) is 0.800. The second-order valence-corrected chi connectivity index (χ2v) is 6.48. The van der Waals surface area contributed by atoms with Crippen molar-refractivity contribution in [1.29, 1.82) is 0 Å². The van der Waals surface area contributed by atoms with Gasteiger partial charge >= 0.3 is 5.97 Å². The van der Waals surface area contributed by atoms with Gasteiger partial charge in [0.05, 0.1) is 12.7 Å². The summed E-state index contributed by atoms with van der Waals surface area (Å²) in [5, 5.41) is 10.2. The smallest absolute Gasteiger partial charge is 0.336 e. The molecule has 5 heteroatoms. The molecule has 0 amide bonds. The van der Waals surface area contributed by atoms with Crippen LogP contribution in [0.25, 0.3) is 0 Å². The maximum atomic E-state index is 12.0. The van der Waals surface area contributed by atoms with E-state index in [-0.39, 0.29) is 6.10 Å². The molecule has 1 saturated heterocycles. The van der Waals surface area contributed by atoms with E-state index in [1.54, 1.807) is 40.7 Å². The number of esters is 1. The lowest BCUT2D eigenvalue weighted by molar-refractivity contribution is -0.283. The van der Waals surface area contributed by atoms with Crippen LogP contribution in [0.15, 0.2) is 12.7 Å². The van der Waals surface area contributed by atoms with Crippen LogP contribution in [0.1, 0.15) is 41.0 Å². The van der Waals surface area contributed by atoms with E-state index in [1.807, 2.05) is 0 Å². The number of rotatable bonds is 4. The maximum absolute atomic E-state index is 12.0.